The summed E-state index contributed by atoms with van der Waals surface area (Å²) in [4.78, 5) is 8.60. The zero-order valence-corrected chi connectivity index (χ0v) is 17.0. The van der Waals surface area contributed by atoms with E-state index in [2.05, 4.69) is 26.5 Å². The number of benzene rings is 1. The Morgan fingerprint density at radius 3 is 2.66 bits per heavy atom. The topological polar surface area (TPSA) is 105 Å². The molecule has 3 aromatic rings. The zero-order chi connectivity index (χ0) is 21.0. The number of hydrogen-bond acceptors (Lipinski definition) is 6. The molecule has 0 radical (unpaired) electrons. The Morgan fingerprint density at radius 1 is 1.28 bits per heavy atom. The van der Waals surface area contributed by atoms with Crippen molar-refractivity contribution in [2.45, 2.75) is 33.1 Å². The van der Waals surface area contributed by atoms with Crippen LogP contribution in [0.2, 0.25) is 5.15 Å². The molecule has 0 amide bonds. The number of aromatic nitrogens is 4. The van der Waals surface area contributed by atoms with Gasteiger partial charge in [0.05, 0.1) is 11.4 Å². The molecule has 29 heavy (non-hydrogen) atoms. The molecule has 3 N–H and O–H groups in total. The van der Waals surface area contributed by atoms with Gasteiger partial charge in [-0.3, -0.25) is 0 Å². The maximum Gasteiger partial charge on any atom is 0.145 e. The summed E-state index contributed by atoms with van der Waals surface area (Å²) in [5, 5.41) is 17.7. The van der Waals surface area contributed by atoms with Gasteiger partial charge in [0.1, 0.15) is 40.1 Å². The van der Waals surface area contributed by atoms with Crippen molar-refractivity contribution in [3.8, 4) is 11.8 Å². The van der Waals surface area contributed by atoms with Gasteiger partial charge in [0, 0.05) is 12.1 Å². The first-order chi connectivity index (χ1) is 13.9. The molecular formula is C20H21ClFN7. The Bertz CT molecular complexity index is 1050. The zero-order valence-electron chi connectivity index (χ0n) is 16.2. The number of halogens is 2. The number of nitriles is 1. The Morgan fingerprint density at radius 2 is 2.00 bits per heavy atom. The first-order valence-electron chi connectivity index (χ1n) is 9.24. The molecule has 0 spiro atoms. The molecule has 3 rings (SSSR count). The number of nitrogens with two attached hydrogens (primary N) is 1. The van der Waals surface area contributed by atoms with E-state index < -0.39 is 0 Å². The van der Waals surface area contributed by atoms with Gasteiger partial charge in [0.25, 0.3) is 0 Å². The van der Waals surface area contributed by atoms with Crippen molar-refractivity contribution in [2.75, 3.05) is 17.6 Å². The Labute approximate surface area is 173 Å². The molecule has 0 aliphatic rings. The summed E-state index contributed by atoms with van der Waals surface area (Å²) in [7, 11) is 0. The lowest BCUT2D eigenvalue weighted by Gasteiger charge is -2.11. The number of nitrogens with one attached hydrogen (secondary N) is 1. The van der Waals surface area contributed by atoms with Gasteiger partial charge in [-0.05, 0) is 50.5 Å². The standard InChI is InChI=1S/C20H21ClFN7/c1-3-15-18(21)26-12(2)27-20(15)25-10-4-5-17-16(11-23)19(24)29(28-17)14-8-6-13(22)7-9-14/h6-9H,3-5,10,24H2,1-2H3,(H,25,26,27). The minimum atomic E-state index is -0.349. The molecule has 0 saturated carbocycles. The highest BCUT2D eigenvalue weighted by Crippen LogP contribution is 2.23. The van der Waals surface area contributed by atoms with E-state index in [0.717, 1.165) is 17.8 Å². The number of rotatable bonds is 7. The number of nitrogens with zero attached hydrogens (tertiary/aromatic N) is 5. The van der Waals surface area contributed by atoms with Gasteiger partial charge in [0.15, 0.2) is 0 Å². The third-order valence-corrected chi connectivity index (χ3v) is 4.79. The largest absolute Gasteiger partial charge is 0.382 e. The summed E-state index contributed by atoms with van der Waals surface area (Å²) in [6.45, 7) is 4.41. The lowest BCUT2D eigenvalue weighted by molar-refractivity contribution is 0.627. The molecule has 0 bridgehead atoms. The highest BCUT2D eigenvalue weighted by atomic mass is 35.5. The molecule has 0 aliphatic carbocycles. The van der Waals surface area contributed by atoms with Gasteiger partial charge in [0.2, 0.25) is 0 Å². The molecule has 2 heterocycles. The third-order valence-electron chi connectivity index (χ3n) is 4.48. The smallest absolute Gasteiger partial charge is 0.145 e. The predicted octanol–water partition coefficient (Wildman–Crippen LogP) is 3.82. The van der Waals surface area contributed by atoms with Crippen LogP contribution in [0.1, 0.15) is 36.0 Å². The molecule has 9 heteroatoms. The second-order valence-corrected chi connectivity index (χ2v) is 6.84. The fraction of sp³-hybridized carbons (Fsp3) is 0.300. The van der Waals surface area contributed by atoms with Crippen LogP contribution < -0.4 is 11.1 Å². The second-order valence-electron chi connectivity index (χ2n) is 6.48. The normalized spacial score (nSPS) is 10.7. The Kier molecular flexibility index (Phi) is 6.29. The van der Waals surface area contributed by atoms with Crippen molar-refractivity contribution in [1.82, 2.24) is 19.7 Å². The first kappa shape index (κ1) is 20.6. The molecular weight excluding hydrogens is 393 g/mol. The number of anilines is 2. The van der Waals surface area contributed by atoms with Crippen LogP contribution in [0.15, 0.2) is 24.3 Å². The lowest BCUT2D eigenvalue weighted by atomic mass is 10.1. The monoisotopic (exact) mass is 413 g/mol. The van der Waals surface area contributed by atoms with E-state index in [1.165, 1.54) is 16.8 Å². The molecule has 0 aliphatic heterocycles. The fourth-order valence-corrected chi connectivity index (χ4v) is 3.38. The quantitative estimate of drug-likeness (QED) is 0.450. The first-order valence-corrected chi connectivity index (χ1v) is 9.62. The van der Waals surface area contributed by atoms with E-state index in [9.17, 15) is 9.65 Å². The SMILES string of the molecule is CCc1c(Cl)nc(C)nc1NCCCc1nn(-c2ccc(F)cc2)c(N)c1C#N. The number of nitrogen functional groups attached to an aromatic ring is 1. The van der Waals surface area contributed by atoms with Crippen LogP contribution in [0.3, 0.4) is 0 Å². The van der Waals surface area contributed by atoms with E-state index in [-0.39, 0.29) is 11.6 Å². The van der Waals surface area contributed by atoms with Gasteiger partial charge >= 0.3 is 0 Å². The second kappa shape index (κ2) is 8.88. The minimum Gasteiger partial charge on any atom is -0.382 e. The molecule has 1 aromatic carbocycles. The highest BCUT2D eigenvalue weighted by molar-refractivity contribution is 6.30. The minimum absolute atomic E-state index is 0.244. The summed E-state index contributed by atoms with van der Waals surface area (Å²) >= 11 is 6.19. The molecule has 7 nitrogen and oxygen atoms in total. The van der Waals surface area contributed by atoms with Crippen molar-refractivity contribution < 1.29 is 4.39 Å². The van der Waals surface area contributed by atoms with E-state index in [1.807, 2.05) is 6.92 Å². The van der Waals surface area contributed by atoms with Gasteiger partial charge in [-0.2, -0.15) is 10.4 Å². The van der Waals surface area contributed by atoms with Crippen molar-refractivity contribution >= 4 is 23.2 Å². The van der Waals surface area contributed by atoms with Gasteiger partial charge in [-0.25, -0.2) is 19.0 Å². The summed E-state index contributed by atoms with van der Waals surface area (Å²) in [6.07, 6.45) is 1.98. The fourth-order valence-electron chi connectivity index (χ4n) is 3.04. The van der Waals surface area contributed by atoms with Crippen molar-refractivity contribution in [2.24, 2.45) is 0 Å². The maximum absolute atomic E-state index is 13.2. The molecule has 0 atom stereocenters. The molecule has 0 saturated heterocycles. The summed E-state index contributed by atoms with van der Waals surface area (Å²) in [5.74, 6) is 1.22. The van der Waals surface area contributed by atoms with Crippen molar-refractivity contribution in [3.63, 3.8) is 0 Å². The van der Waals surface area contributed by atoms with E-state index in [4.69, 9.17) is 17.3 Å². The van der Waals surface area contributed by atoms with E-state index in [1.54, 1.807) is 19.1 Å². The van der Waals surface area contributed by atoms with Crippen LogP contribution in [0.5, 0.6) is 0 Å². The van der Waals surface area contributed by atoms with Gasteiger partial charge in [-0.15, -0.1) is 0 Å². The summed E-state index contributed by atoms with van der Waals surface area (Å²) in [5.41, 5.74) is 8.50. The predicted molar refractivity (Wildman–Crippen MR) is 111 cm³/mol. The van der Waals surface area contributed by atoms with Gasteiger partial charge < -0.3 is 11.1 Å². The summed E-state index contributed by atoms with van der Waals surface area (Å²) in [6, 6.07) is 7.90. The van der Waals surface area contributed by atoms with Crippen LogP contribution in [-0.2, 0) is 12.8 Å². The third kappa shape index (κ3) is 4.46. The highest BCUT2D eigenvalue weighted by Gasteiger charge is 2.16. The average molecular weight is 414 g/mol. The average Bonchev–Trinajstić information content (AvgIpc) is 3.01. The van der Waals surface area contributed by atoms with Crippen molar-refractivity contribution in [3.05, 3.63) is 57.9 Å². The Hall–Kier alpha value is -3.18. The number of aryl methyl sites for hydroxylation is 2. The number of hydrogen-bond donors (Lipinski definition) is 2. The lowest BCUT2D eigenvalue weighted by Crippen LogP contribution is -2.10. The summed E-state index contributed by atoms with van der Waals surface area (Å²) < 4.78 is 14.6. The van der Waals surface area contributed by atoms with Gasteiger partial charge in [-0.1, -0.05) is 18.5 Å². The van der Waals surface area contributed by atoms with Crippen LogP contribution in [0.4, 0.5) is 16.0 Å². The molecule has 0 fully saturated rings. The van der Waals surface area contributed by atoms with Crippen LogP contribution in [0, 0.1) is 24.1 Å². The molecule has 2 aromatic heterocycles. The molecule has 150 valence electrons. The van der Waals surface area contributed by atoms with Crippen LogP contribution in [0.25, 0.3) is 5.69 Å². The van der Waals surface area contributed by atoms with Crippen LogP contribution >= 0.6 is 11.6 Å². The molecule has 0 unspecified atom stereocenters. The van der Waals surface area contributed by atoms with E-state index in [0.29, 0.717) is 47.3 Å². The van der Waals surface area contributed by atoms with E-state index >= 15 is 0 Å². The maximum atomic E-state index is 13.2. The van der Waals surface area contributed by atoms with Crippen molar-refractivity contribution in [1.29, 1.82) is 5.26 Å². The van der Waals surface area contributed by atoms with Crippen LogP contribution in [-0.4, -0.2) is 26.3 Å². The Balaban J connectivity index is 1.71.